The Hall–Kier alpha value is -1.40. The normalized spacial score (nSPS) is 10.1. The van der Waals surface area contributed by atoms with Crippen molar-refractivity contribution in [2.75, 3.05) is 11.1 Å². The van der Waals surface area contributed by atoms with Crippen LogP contribution >= 0.6 is 31.9 Å². The van der Waals surface area contributed by atoms with Gasteiger partial charge in [-0.1, -0.05) is 31.9 Å². The first kappa shape index (κ1) is 13.0. The van der Waals surface area contributed by atoms with Gasteiger partial charge in [-0.15, -0.1) is 0 Å². The van der Waals surface area contributed by atoms with Gasteiger partial charge >= 0.3 is 0 Å². The molecule has 0 bridgehead atoms. The lowest BCUT2D eigenvalue weighted by Crippen LogP contribution is -2.14. The number of halogens is 2. The molecule has 1 aromatic carbocycles. The Morgan fingerprint density at radius 1 is 1.22 bits per heavy atom. The van der Waals surface area contributed by atoms with Crippen LogP contribution in [0, 0.1) is 0 Å². The molecule has 4 nitrogen and oxygen atoms in total. The van der Waals surface area contributed by atoms with Crippen LogP contribution in [-0.2, 0) is 0 Å². The highest BCUT2D eigenvalue weighted by Gasteiger charge is 2.10. The van der Waals surface area contributed by atoms with Crippen LogP contribution in [0.5, 0.6) is 0 Å². The van der Waals surface area contributed by atoms with Crippen molar-refractivity contribution in [3.05, 3.63) is 51.0 Å². The standard InChI is InChI=1S/C12H9Br2N3O/c13-8-4-7(5-9(14)6-8)12(18)17-11-10(15)2-1-3-16-11/h1-6H,15H2,(H,16,17,18). The van der Waals surface area contributed by atoms with Crippen molar-refractivity contribution in [1.29, 1.82) is 0 Å². The minimum Gasteiger partial charge on any atom is -0.396 e. The van der Waals surface area contributed by atoms with E-state index >= 15 is 0 Å². The molecule has 1 aromatic heterocycles. The number of anilines is 2. The molecule has 1 amide bonds. The summed E-state index contributed by atoms with van der Waals surface area (Å²) in [5.41, 5.74) is 6.66. The van der Waals surface area contributed by atoms with Gasteiger partial charge in [-0.25, -0.2) is 4.98 Å². The minimum absolute atomic E-state index is 0.262. The molecule has 1 heterocycles. The molecule has 0 unspecified atom stereocenters. The lowest BCUT2D eigenvalue weighted by molar-refractivity contribution is 0.102. The van der Waals surface area contributed by atoms with Crippen molar-refractivity contribution in [2.24, 2.45) is 0 Å². The van der Waals surface area contributed by atoms with Gasteiger partial charge in [-0.05, 0) is 30.3 Å². The minimum atomic E-state index is -0.262. The maximum absolute atomic E-state index is 12.0. The molecule has 0 saturated heterocycles. The van der Waals surface area contributed by atoms with Crippen LogP contribution in [0.2, 0.25) is 0 Å². The van der Waals surface area contributed by atoms with Crippen LogP contribution in [0.1, 0.15) is 10.4 Å². The molecule has 18 heavy (non-hydrogen) atoms. The van der Waals surface area contributed by atoms with E-state index in [1.165, 1.54) is 0 Å². The zero-order chi connectivity index (χ0) is 13.1. The quantitative estimate of drug-likeness (QED) is 0.850. The molecular formula is C12H9Br2N3O. The topological polar surface area (TPSA) is 68.0 Å². The predicted octanol–water partition coefficient (Wildman–Crippen LogP) is 3.44. The van der Waals surface area contributed by atoms with E-state index in [-0.39, 0.29) is 5.91 Å². The summed E-state index contributed by atoms with van der Waals surface area (Å²) < 4.78 is 1.63. The second-order valence-corrected chi connectivity index (χ2v) is 5.38. The number of nitrogen functional groups attached to an aromatic ring is 1. The fraction of sp³-hybridized carbons (Fsp3) is 0. The van der Waals surface area contributed by atoms with Crippen LogP contribution in [0.15, 0.2) is 45.5 Å². The lowest BCUT2D eigenvalue weighted by Gasteiger charge is -2.07. The summed E-state index contributed by atoms with van der Waals surface area (Å²) in [5.74, 6) is 0.0981. The van der Waals surface area contributed by atoms with Crippen LogP contribution in [0.3, 0.4) is 0 Å². The van der Waals surface area contributed by atoms with Crippen molar-refractivity contribution in [3.63, 3.8) is 0 Å². The first-order valence-corrected chi connectivity index (χ1v) is 6.63. The second kappa shape index (κ2) is 5.49. The average molecular weight is 371 g/mol. The highest BCUT2D eigenvalue weighted by molar-refractivity contribution is 9.11. The summed E-state index contributed by atoms with van der Waals surface area (Å²) in [6.45, 7) is 0. The largest absolute Gasteiger partial charge is 0.396 e. The number of nitrogens with two attached hydrogens (primary N) is 1. The number of hydrogen-bond acceptors (Lipinski definition) is 3. The third-order valence-corrected chi connectivity index (χ3v) is 3.11. The molecule has 0 aliphatic rings. The maximum Gasteiger partial charge on any atom is 0.256 e. The number of nitrogens with zero attached hydrogens (tertiary/aromatic N) is 1. The number of nitrogens with one attached hydrogen (secondary N) is 1. The number of aromatic nitrogens is 1. The van der Waals surface area contributed by atoms with Gasteiger partial charge in [0, 0.05) is 20.7 Å². The molecular weight excluding hydrogens is 362 g/mol. The Morgan fingerprint density at radius 3 is 2.50 bits per heavy atom. The molecule has 92 valence electrons. The summed E-state index contributed by atoms with van der Waals surface area (Å²) >= 11 is 6.66. The van der Waals surface area contributed by atoms with Gasteiger partial charge in [-0.3, -0.25) is 4.79 Å². The molecule has 0 spiro atoms. The molecule has 2 rings (SSSR count). The number of carbonyl (C=O) groups is 1. The summed E-state index contributed by atoms with van der Waals surface area (Å²) in [6.07, 6.45) is 1.57. The number of rotatable bonds is 2. The SMILES string of the molecule is Nc1cccnc1NC(=O)c1cc(Br)cc(Br)c1. The third kappa shape index (κ3) is 3.08. The average Bonchev–Trinajstić information content (AvgIpc) is 2.31. The van der Waals surface area contributed by atoms with Gasteiger partial charge in [0.25, 0.3) is 5.91 Å². The van der Waals surface area contributed by atoms with Crippen molar-refractivity contribution < 1.29 is 4.79 Å². The van der Waals surface area contributed by atoms with Gasteiger partial charge in [0.05, 0.1) is 5.69 Å². The Morgan fingerprint density at radius 2 is 1.89 bits per heavy atom. The predicted molar refractivity (Wildman–Crippen MR) is 78.4 cm³/mol. The van der Waals surface area contributed by atoms with Gasteiger partial charge < -0.3 is 11.1 Å². The van der Waals surface area contributed by atoms with Gasteiger partial charge in [0.1, 0.15) is 0 Å². The lowest BCUT2D eigenvalue weighted by atomic mass is 10.2. The van der Waals surface area contributed by atoms with Gasteiger partial charge in [0.15, 0.2) is 5.82 Å². The Kier molecular flexibility index (Phi) is 3.98. The summed E-state index contributed by atoms with van der Waals surface area (Å²) in [4.78, 5) is 16.0. The molecule has 0 saturated carbocycles. The van der Waals surface area contributed by atoms with Crippen LogP contribution < -0.4 is 11.1 Å². The molecule has 0 aliphatic heterocycles. The second-order valence-electron chi connectivity index (χ2n) is 3.55. The Labute approximate surface area is 121 Å². The Bertz CT molecular complexity index is 581. The van der Waals surface area contributed by atoms with E-state index in [0.717, 1.165) is 8.95 Å². The van der Waals surface area contributed by atoms with E-state index in [0.29, 0.717) is 17.1 Å². The van der Waals surface area contributed by atoms with E-state index in [4.69, 9.17) is 5.73 Å². The van der Waals surface area contributed by atoms with Gasteiger partial charge in [0.2, 0.25) is 0 Å². The third-order valence-electron chi connectivity index (χ3n) is 2.20. The van der Waals surface area contributed by atoms with Crippen LogP contribution in [0.4, 0.5) is 11.5 Å². The summed E-state index contributed by atoms with van der Waals surface area (Å²) in [5, 5.41) is 2.66. The first-order chi connectivity index (χ1) is 8.56. The highest BCUT2D eigenvalue weighted by atomic mass is 79.9. The number of hydrogen-bond donors (Lipinski definition) is 2. The number of amides is 1. The first-order valence-electron chi connectivity index (χ1n) is 5.04. The molecule has 3 N–H and O–H groups in total. The molecule has 0 fully saturated rings. The number of pyridine rings is 1. The fourth-order valence-corrected chi connectivity index (χ4v) is 2.68. The van der Waals surface area contributed by atoms with Gasteiger partial charge in [-0.2, -0.15) is 0 Å². The summed E-state index contributed by atoms with van der Waals surface area (Å²) in [6, 6.07) is 8.68. The molecule has 0 aliphatic carbocycles. The zero-order valence-electron chi connectivity index (χ0n) is 9.15. The van der Waals surface area contributed by atoms with E-state index in [2.05, 4.69) is 42.2 Å². The maximum atomic E-state index is 12.0. The summed E-state index contributed by atoms with van der Waals surface area (Å²) in [7, 11) is 0. The Balaban J connectivity index is 2.25. The monoisotopic (exact) mass is 369 g/mol. The fourth-order valence-electron chi connectivity index (χ4n) is 1.39. The van der Waals surface area contributed by atoms with Crippen molar-refractivity contribution >= 4 is 49.3 Å². The van der Waals surface area contributed by atoms with E-state index in [9.17, 15) is 4.79 Å². The van der Waals surface area contributed by atoms with Crippen LogP contribution in [-0.4, -0.2) is 10.9 Å². The van der Waals surface area contributed by atoms with Crippen molar-refractivity contribution in [2.45, 2.75) is 0 Å². The van der Waals surface area contributed by atoms with Crippen LogP contribution in [0.25, 0.3) is 0 Å². The van der Waals surface area contributed by atoms with E-state index < -0.39 is 0 Å². The molecule has 2 aromatic rings. The van der Waals surface area contributed by atoms with E-state index in [1.807, 2.05) is 6.07 Å². The number of carbonyl (C=O) groups excluding carboxylic acids is 1. The molecule has 0 radical (unpaired) electrons. The van der Waals surface area contributed by atoms with Crippen molar-refractivity contribution in [1.82, 2.24) is 4.98 Å². The smallest absolute Gasteiger partial charge is 0.256 e. The van der Waals surface area contributed by atoms with E-state index in [1.54, 1.807) is 30.5 Å². The zero-order valence-corrected chi connectivity index (χ0v) is 12.3. The number of benzene rings is 1. The molecule has 6 heteroatoms. The highest BCUT2D eigenvalue weighted by Crippen LogP contribution is 2.21. The van der Waals surface area contributed by atoms with Crippen molar-refractivity contribution in [3.8, 4) is 0 Å². The molecule has 0 atom stereocenters.